The van der Waals surface area contributed by atoms with Gasteiger partial charge in [0.2, 0.25) is 10.0 Å². The number of methoxy groups -OCH3 is 1. The van der Waals surface area contributed by atoms with E-state index in [1.807, 2.05) is 24.3 Å². The van der Waals surface area contributed by atoms with Crippen molar-refractivity contribution in [2.75, 3.05) is 20.3 Å². The summed E-state index contributed by atoms with van der Waals surface area (Å²) in [5.74, 6) is -0.124. The van der Waals surface area contributed by atoms with Crippen LogP contribution in [0.3, 0.4) is 0 Å². The number of benzene rings is 2. The number of rotatable bonds is 9. The molecular weight excluding hydrogens is 382 g/mol. The first-order chi connectivity index (χ1) is 13.5. The largest absolute Gasteiger partial charge is 0.478 e. The minimum absolute atomic E-state index is 0.0640. The molecule has 1 aromatic heterocycles. The third-order valence-electron chi connectivity index (χ3n) is 4.13. The van der Waals surface area contributed by atoms with E-state index in [1.165, 1.54) is 7.11 Å². The Balaban J connectivity index is 1.62. The number of para-hydroxylation sites is 1. The fourth-order valence-corrected chi connectivity index (χ4v) is 3.92. The topological polar surface area (TPSA) is 94.8 Å². The van der Waals surface area contributed by atoms with Gasteiger partial charge in [-0.05, 0) is 23.6 Å². The number of carbonyl (C=O) groups is 1. The Hall–Kier alpha value is -2.84. The van der Waals surface area contributed by atoms with Gasteiger partial charge >= 0.3 is 5.97 Å². The summed E-state index contributed by atoms with van der Waals surface area (Å²) < 4.78 is 42.6. The normalized spacial score (nSPS) is 11.5. The Morgan fingerprint density at radius 1 is 1.11 bits per heavy atom. The molecule has 1 N–H and O–H groups in total. The molecule has 2 aromatic carbocycles. The zero-order valence-electron chi connectivity index (χ0n) is 15.4. The molecular formula is C20H21NO6S. The van der Waals surface area contributed by atoms with E-state index < -0.39 is 16.0 Å². The number of fused-ring (bicyclic) bond motifs is 1. The van der Waals surface area contributed by atoms with Crippen molar-refractivity contribution in [1.29, 1.82) is 0 Å². The van der Waals surface area contributed by atoms with Crippen molar-refractivity contribution >= 4 is 27.0 Å². The summed E-state index contributed by atoms with van der Waals surface area (Å²) in [6, 6.07) is 14.4. The second-order valence-corrected chi connectivity index (χ2v) is 7.95. The Morgan fingerprint density at radius 3 is 2.64 bits per heavy atom. The molecule has 0 radical (unpaired) electrons. The monoisotopic (exact) mass is 403 g/mol. The molecule has 7 nitrogen and oxygen atoms in total. The van der Waals surface area contributed by atoms with E-state index in [-0.39, 0.29) is 18.9 Å². The van der Waals surface area contributed by atoms with Crippen LogP contribution in [0.4, 0.5) is 0 Å². The maximum atomic E-state index is 12.2. The van der Waals surface area contributed by atoms with Crippen LogP contribution in [-0.4, -0.2) is 34.6 Å². The summed E-state index contributed by atoms with van der Waals surface area (Å²) in [6.07, 6.45) is 2.03. The molecule has 0 aliphatic carbocycles. The van der Waals surface area contributed by atoms with Crippen molar-refractivity contribution in [1.82, 2.24) is 4.72 Å². The average molecular weight is 403 g/mol. The Bertz CT molecular complexity index is 1040. The number of hydrogen-bond acceptors (Lipinski definition) is 6. The molecule has 0 fully saturated rings. The van der Waals surface area contributed by atoms with Crippen LogP contribution in [0.15, 0.2) is 59.2 Å². The Morgan fingerprint density at radius 2 is 1.89 bits per heavy atom. The lowest BCUT2D eigenvalue weighted by molar-refractivity contribution is -0.142. The van der Waals surface area contributed by atoms with Gasteiger partial charge in [0.25, 0.3) is 0 Å². The maximum absolute atomic E-state index is 12.2. The highest BCUT2D eigenvalue weighted by Crippen LogP contribution is 2.30. The van der Waals surface area contributed by atoms with E-state index in [0.29, 0.717) is 17.8 Å². The van der Waals surface area contributed by atoms with E-state index in [4.69, 9.17) is 9.15 Å². The minimum Gasteiger partial charge on any atom is -0.478 e. The molecule has 0 atom stereocenters. The number of carbonyl (C=O) groups excluding carboxylic acids is 1. The molecule has 3 rings (SSSR count). The molecule has 3 aromatic rings. The van der Waals surface area contributed by atoms with Gasteiger partial charge in [-0.1, -0.05) is 42.5 Å². The van der Waals surface area contributed by atoms with E-state index in [9.17, 15) is 13.2 Å². The third-order valence-corrected chi connectivity index (χ3v) is 5.49. The SMILES string of the molecule is COC(=O)COc1cccc2c(CCNS(=O)(=O)Cc3ccccc3)coc12. The molecule has 0 saturated heterocycles. The maximum Gasteiger partial charge on any atom is 0.343 e. The number of sulfonamides is 1. The lowest BCUT2D eigenvalue weighted by Crippen LogP contribution is -2.27. The van der Waals surface area contributed by atoms with Crippen LogP contribution < -0.4 is 9.46 Å². The first-order valence-electron chi connectivity index (χ1n) is 8.68. The summed E-state index contributed by atoms with van der Waals surface area (Å²) in [6.45, 7) is 0.0297. The molecule has 0 bridgehead atoms. The second-order valence-electron chi connectivity index (χ2n) is 6.15. The van der Waals surface area contributed by atoms with Crippen LogP contribution in [-0.2, 0) is 31.7 Å². The van der Waals surface area contributed by atoms with Crippen molar-refractivity contribution in [3.8, 4) is 5.75 Å². The molecule has 28 heavy (non-hydrogen) atoms. The molecule has 0 unspecified atom stereocenters. The number of esters is 1. The summed E-state index contributed by atoms with van der Waals surface area (Å²) in [7, 11) is -2.14. The second kappa shape index (κ2) is 8.90. The van der Waals surface area contributed by atoms with Crippen molar-refractivity contribution in [2.45, 2.75) is 12.2 Å². The highest BCUT2D eigenvalue weighted by atomic mass is 32.2. The molecule has 8 heteroatoms. The predicted molar refractivity (Wildman–Crippen MR) is 104 cm³/mol. The van der Waals surface area contributed by atoms with Crippen LogP contribution >= 0.6 is 0 Å². The van der Waals surface area contributed by atoms with Gasteiger partial charge in [-0.15, -0.1) is 0 Å². The first-order valence-corrected chi connectivity index (χ1v) is 10.3. The molecule has 0 aliphatic rings. The van der Waals surface area contributed by atoms with Crippen molar-refractivity contribution in [3.63, 3.8) is 0 Å². The quantitative estimate of drug-likeness (QED) is 0.552. The third kappa shape index (κ3) is 5.11. The summed E-state index contributed by atoms with van der Waals surface area (Å²) >= 11 is 0. The zero-order valence-corrected chi connectivity index (χ0v) is 16.2. The Kier molecular flexibility index (Phi) is 6.33. The molecule has 0 aliphatic heterocycles. The van der Waals surface area contributed by atoms with Gasteiger partial charge < -0.3 is 13.9 Å². The zero-order chi connectivity index (χ0) is 20.0. The van der Waals surface area contributed by atoms with E-state index in [1.54, 1.807) is 30.5 Å². The molecule has 148 valence electrons. The van der Waals surface area contributed by atoms with Gasteiger partial charge in [-0.3, -0.25) is 0 Å². The lowest BCUT2D eigenvalue weighted by atomic mass is 10.1. The highest BCUT2D eigenvalue weighted by molar-refractivity contribution is 7.88. The van der Waals surface area contributed by atoms with Gasteiger partial charge in [0.05, 0.1) is 19.1 Å². The Labute approximate surface area is 163 Å². The van der Waals surface area contributed by atoms with Gasteiger partial charge in [-0.25, -0.2) is 17.9 Å². The number of ether oxygens (including phenoxy) is 2. The van der Waals surface area contributed by atoms with Gasteiger partial charge in [-0.2, -0.15) is 0 Å². The van der Waals surface area contributed by atoms with Crippen LogP contribution in [0, 0.1) is 0 Å². The van der Waals surface area contributed by atoms with E-state index in [2.05, 4.69) is 9.46 Å². The lowest BCUT2D eigenvalue weighted by Gasteiger charge is -2.07. The van der Waals surface area contributed by atoms with Crippen LogP contribution in [0.5, 0.6) is 5.75 Å². The molecule has 0 spiro atoms. The molecule has 1 heterocycles. The van der Waals surface area contributed by atoms with Crippen molar-refractivity contribution in [2.24, 2.45) is 0 Å². The van der Waals surface area contributed by atoms with Crippen molar-refractivity contribution in [3.05, 3.63) is 65.9 Å². The molecule has 0 saturated carbocycles. The van der Waals surface area contributed by atoms with Gasteiger partial charge in [0.1, 0.15) is 0 Å². The summed E-state index contributed by atoms with van der Waals surface area (Å²) in [5.41, 5.74) is 2.09. The standard InChI is InChI=1S/C20H21NO6S/c1-25-19(22)13-26-18-9-5-8-17-16(12-27-20(17)18)10-11-21-28(23,24)14-15-6-3-2-4-7-15/h2-9,12,21H,10-11,13-14H2,1H3. The number of hydrogen-bond donors (Lipinski definition) is 1. The fraction of sp³-hybridized carbons (Fsp3) is 0.250. The van der Waals surface area contributed by atoms with E-state index >= 15 is 0 Å². The molecule has 0 amide bonds. The number of nitrogens with one attached hydrogen (secondary N) is 1. The first kappa shape index (κ1) is 19.9. The van der Waals surface area contributed by atoms with Gasteiger partial charge in [0, 0.05) is 11.9 Å². The van der Waals surface area contributed by atoms with Crippen LogP contribution in [0.1, 0.15) is 11.1 Å². The van der Waals surface area contributed by atoms with Gasteiger partial charge in [0.15, 0.2) is 17.9 Å². The van der Waals surface area contributed by atoms with Crippen LogP contribution in [0.2, 0.25) is 0 Å². The summed E-state index contributed by atoms with van der Waals surface area (Å²) in [5, 5.41) is 0.810. The highest BCUT2D eigenvalue weighted by Gasteiger charge is 2.14. The summed E-state index contributed by atoms with van der Waals surface area (Å²) in [4.78, 5) is 11.2. The van der Waals surface area contributed by atoms with Crippen molar-refractivity contribution < 1.29 is 27.1 Å². The average Bonchev–Trinajstić information content (AvgIpc) is 3.10. The number of furan rings is 1. The van der Waals surface area contributed by atoms with Crippen LogP contribution in [0.25, 0.3) is 11.0 Å². The smallest absolute Gasteiger partial charge is 0.343 e. The predicted octanol–water partition coefficient (Wildman–Crippen LogP) is 2.65. The fourth-order valence-electron chi connectivity index (χ4n) is 2.77. The van der Waals surface area contributed by atoms with E-state index in [0.717, 1.165) is 16.5 Å². The minimum atomic E-state index is -3.43.